The standard InChI is InChI=1S/C13H10Cl2N/c1-9-5-7-10(8-6-9)16-13-11(14)3-2-4-12(13)15/h2-8,16H,1H2. The lowest BCUT2D eigenvalue weighted by atomic mass is 10.2. The van der Waals surface area contributed by atoms with Crippen molar-refractivity contribution in [2.24, 2.45) is 0 Å². The molecule has 16 heavy (non-hydrogen) atoms. The van der Waals surface area contributed by atoms with Crippen LogP contribution in [0.4, 0.5) is 11.4 Å². The van der Waals surface area contributed by atoms with E-state index in [0.29, 0.717) is 10.0 Å². The van der Waals surface area contributed by atoms with Crippen molar-refractivity contribution in [3.05, 3.63) is 65.0 Å². The molecule has 1 N–H and O–H groups in total. The van der Waals surface area contributed by atoms with E-state index in [2.05, 4.69) is 12.2 Å². The number of anilines is 2. The summed E-state index contributed by atoms with van der Waals surface area (Å²) >= 11 is 12.1. The van der Waals surface area contributed by atoms with E-state index in [1.165, 1.54) is 0 Å². The molecule has 1 radical (unpaired) electrons. The molecule has 0 aliphatic rings. The van der Waals surface area contributed by atoms with Gasteiger partial charge in [-0.25, -0.2) is 0 Å². The highest BCUT2D eigenvalue weighted by Crippen LogP contribution is 2.32. The third-order valence-electron chi connectivity index (χ3n) is 2.19. The summed E-state index contributed by atoms with van der Waals surface area (Å²) < 4.78 is 0. The van der Waals surface area contributed by atoms with Crippen LogP contribution in [-0.4, -0.2) is 0 Å². The van der Waals surface area contributed by atoms with E-state index in [-0.39, 0.29) is 0 Å². The molecule has 3 heteroatoms. The quantitative estimate of drug-likeness (QED) is 0.798. The Labute approximate surface area is 105 Å². The molecule has 0 aromatic heterocycles. The zero-order valence-electron chi connectivity index (χ0n) is 8.50. The Hall–Kier alpha value is -1.18. The number of halogens is 2. The third-order valence-corrected chi connectivity index (χ3v) is 2.82. The summed E-state index contributed by atoms with van der Waals surface area (Å²) in [6.45, 7) is 3.82. The minimum atomic E-state index is 0.603. The Balaban J connectivity index is 2.30. The summed E-state index contributed by atoms with van der Waals surface area (Å²) in [5, 5.41) is 4.38. The fraction of sp³-hybridized carbons (Fsp3) is 0. The Morgan fingerprint density at radius 3 is 2.00 bits per heavy atom. The van der Waals surface area contributed by atoms with Gasteiger partial charge in [0.1, 0.15) is 0 Å². The van der Waals surface area contributed by atoms with E-state index in [9.17, 15) is 0 Å². The van der Waals surface area contributed by atoms with E-state index < -0.39 is 0 Å². The lowest BCUT2D eigenvalue weighted by Crippen LogP contribution is -1.92. The molecule has 0 unspecified atom stereocenters. The first-order valence-electron chi connectivity index (χ1n) is 4.80. The molecule has 0 saturated heterocycles. The van der Waals surface area contributed by atoms with Gasteiger partial charge in [0.15, 0.2) is 0 Å². The lowest BCUT2D eigenvalue weighted by molar-refractivity contribution is 1.53. The van der Waals surface area contributed by atoms with Gasteiger partial charge in [0.05, 0.1) is 15.7 Å². The van der Waals surface area contributed by atoms with Gasteiger partial charge in [0.2, 0.25) is 0 Å². The van der Waals surface area contributed by atoms with Crippen LogP contribution >= 0.6 is 23.2 Å². The molecule has 0 bridgehead atoms. The number of hydrogen-bond donors (Lipinski definition) is 1. The van der Waals surface area contributed by atoms with Crippen LogP contribution in [0.15, 0.2) is 42.5 Å². The van der Waals surface area contributed by atoms with Gasteiger partial charge in [-0.1, -0.05) is 41.4 Å². The van der Waals surface area contributed by atoms with Gasteiger partial charge in [-0.3, -0.25) is 0 Å². The van der Waals surface area contributed by atoms with Crippen LogP contribution in [-0.2, 0) is 0 Å². The fourth-order valence-electron chi connectivity index (χ4n) is 1.35. The summed E-state index contributed by atoms with van der Waals surface area (Å²) in [6.07, 6.45) is 0. The highest BCUT2D eigenvalue weighted by molar-refractivity contribution is 6.39. The lowest BCUT2D eigenvalue weighted by Gasteiger charge is -2.10. The monoisotopic (exact) mass is 250 g/mol. The molecular formula is C13H10Cl2N. The maximum absolute atomic E-state index is 6.05. The van der Waals surface area contributed by atoms with Crippen molar-refractivity contribution in [1.82, 2.24) is 0 Å². The molecule has 2 aromatic rings. The molecule has 2 aromatic carbocycles. The number of hydrogen-bond acceptors (Lipinski definition) is 1. The van der Waals surface area contributed by atoms with Crippen LogP contribution in [0.25, 0.3) is 0 Å². The molecular weight excluding hydrogens is 241 g/mol. The molecule has 0 aliphatic heterocycles. The average molecular weight is 251 g/mol. The first-order chi connectivity index (χ1) is 7.66. The number of benzene rings is 2. The van der Waals surface area contributed by atoms with E-state index in [1.807, 2.05) is 30.3 Å². The van der Waals surface area contributed by atoms with Crippen LogP contribution in [0.1, 0.15) is 5.56 Å². The second-order valence-electron chi connectivity index (χ2n) is 3.42. The highest BCUT2D eigenvalue weighted by atomic mass is 35.5. The zero-order valence-corrected chi connectivity index (χ0v) is 10.0. The topological polar surface area (TPSA) is 12.0 Å². The summed E-state index contributed by atoms with van der Waals surface area (Å²) in [7, 11) is 0. The maximum Gasteiger partial charge on any atom is 0.0762 e. The second kappa shape index (κ2) is 4.77. The van der Waals surface area contributed by atoms with E-state index in [4.69, 9.17) is 23.2 Å². The van der Waals surface area contributed by atoms with Crippen molar-refractivity contribution in [2.75, 3.05) is 5.32 Å². The van der Waals surface area contributed by atoms with Gasteiger partial charge in [-0.15, -0.1) is 0 Å². The first kappa shape index (κ1) is 11.3. The Bertz CT molecular complexity index is 472. The third kappa shape index (κ3) is 2.49. The molecule has 0 atom stereocenters. The Morgan fingerprint density at radius 1 is 0.875 bits per heavy atom. The smallest absolute Gasteiger partial charge is 0.0762 e. The number of para-hydroxylation sites is 1. The van der Waals surface area contributed by atoms with Crippen LogP contribution < -0.4 is 5.32 Å². The second-order valence-corrected chi connectivity index (χ2v) is 4.23. The molecule has 0 amide bonds. The van der Waals surface area contributed by atoms with E-state index in [1.54, 1.807) is 12.1 Å². The highest BCUT2D eigenvalue weighted by Gasteiger charge is 2.04. The average Bonchev–Trinajstić information content (AvgIpc) is 2.26. The first-order valence-corrected chi connectivity index (χ1v) is 5.55. The van der Waals surface area contributed by atoms with Crippen molar-refractivity contribution in [2.45, 2.75) is 0 Å². The van der Waals surface area contributed by atoms with Crippen LogP contribution in [0.2, 0.25) is 10.0 Å². The van der Waals surface area contributed by atoms with Crippen molar-refractivity contribution in [3.63, 3.8) is 0 Å². The van der Waals surface area contributed by atoms with Crippen LogP contribution in [0.3, 0.4) is 0 Å². The SMILES string of the molecule is [CH2]c1ccc(Nc2c(Cl)cccc2Cl)cc1. The van der Waals surface area contributed by atoms with Gasteiger partial charge < -0.3 is 5.32 Å². The van der Waals surface area contributed by atoms with E-state index in [0.717, 1.165) is 16.9 Å². The summed E-state index contributed by atoms with van der Waals surface area (Å²) in [5.74, 6) is 0. The summed E-state index contributed by atoms with van der Waals surface area (Å²) in [4.78, 5) is 0. The molecule has 0 spiro atoms. The van der Waals surface area contributed by atoms with Crippen LogP contribution in [0, 0.1) is 6.92 Å². The molecule has 0 saturated carbocycles. The molecule has 2 rings (SSSR count). The largest absolute Gasteiger partial charge is 0.353 e. The number of rotatable bonds is 2. The zero-order chi connectivity index (χ0) is 11.5. The van der Waals surface area contributed by atoms with Gasteiger partial charge >= 0.3 is 0 Å². The van der Waals surface area contributed by atoms with Crippen LogP contribution in [0.5, 0.6) is 0 Å². The van der Waals surface area contributed by atoms with Gasteiger partial charge in [-0.2, -0.15) is 0 Å². The minimum absolute atomic E-state index is 0.603. The Morgan fingerprint density at radius 2 is 1.44 bits per heavy atom. The van der Waals surface area contributed by atoms with E-state index >= 15 is 0 Å². The van der Waals surface area contributed by atoms with Crippen molar-refractivity contribution in [1.29, 1.82) is 0 Å². The molecule has 0 aliphatic carbocycles. The van der Waals surface area contributed by atoms with Gasteiger partial charge in [0.25, 0.3) is 0 Å². The summed E-state index contributed by atoms with van der Waals surface area (Å²) in [5.41, 5.74) is 2.63. The Kier molecular flexibility index (Phi) is 3.37. The van der Waals surface area contributed by atoms with Gasteiger partial charge in [0, 0.05) is 5.69 Å². The predicted octanol–water partition coefficient (Wildman–Crippen LogP) is 4.92. The van der Waals surface area contributed by atoms with Gasteiger partial charge in [-0.05, 0) is 36.8 Å². The number of nitrogens with one attached hydrogen (secondary N) is 1. The molecule has 1 nitrogen and oxygen atoms in total. The molecule has 0 heterocycles. The summed E-state index contributed by atoms with van der Waals surface area (Å²) in [6, 6.07) is 13.1. The normalized spacial score (nSPS) is 10.2. The predicted molar refractivity (Wildman–Crippen MR) is 70.6 cm³/mol. The maximum atomic E-state index is 6.05. The molecule has 0 fully saturated rings. The van der Waals surface area contributed by atoms with Crippen molar-refractivity contribution >= 4 is 34.6 Å². The van der Waals surface area contributed by atoms with Crippen molar-refractivity contribution in [3.8, 4) is 0 Å². The minimum Gasteiger partial charge on any atom is -0.353 e. The van der Waals surface area contributed by atoms with Crippen molar-refractivity contribution < 1.29 is 0 Å². The molecule has 81 valence electrons. The fourth-order valence-corrected chi connectivity index (χ4v) is 1.84.